The van der Waals surface area contributed by atoms with E-state index in [1.807, 2.05) is 37.3 Å². The van der Waals surface area contributed by atoms with Gasteiger partial charge >= 0.3 is 0 Å². The van der Waals surface area contributed by atoms with Crippen molar-refractivity contribution >= 4 is 5.65 Å². The molecule has 0 fully saturated rings. The molecule has 108 valence electrons. The second kappa shape index (κ2) is 5.90. The third-order valence-electron chi connectivity index (χ3n) is 2.99. The zero-order chi connectivity index (χ0) is 14.7. The van der Waals surface area contributed by atoms with Crippen LogP contribution in [0.15, 0.2) is 47.3 Å². The van der Waals surface area contributed by atoms with Crippen LogP contribution in [-0.4, -0.2) is 21.2 Å². The van der Waals surface area contributed by atoms with Gasteiger partial charge in [-0.3, -0.25) is 4.79 Å². The molecule has 0 radical (unpaired) electrons. The summed E-state index contributed by atoms with van der Waals surface area (Å²) < 4.78 is 1.32. The lowest BCUT2D eigenvalue weighted by atomic mass is 10.1. The van der Waals surface area contributed by atoms with E-state index in [1.54, 1.807) is 6.07 Å². The average Bonchev–Trinajstić information content (AvgIpc) is 2.92. The Labute approximate surface area is 120 Å². The van der Waals surface area contributed by atoms with E-state index in [0.29, 0.717) is 17.9 Å². The number of nitrogens with one attached hydrogen (secondary N) is 1. The number of fused-ring (bicyclic) bond motifs is 1. The van der Waals surface area contributed by atoms with Gasteiger partial charge < -0.3 is 4.98 Å². The number of aromatic nitrogens is 3. The van der Waals surface area contributed by atoms with Crippen LogP contribution in [0.5, 0.6) is 0 Å². The maximum Gasteiger partial charge on any atom is 0.274 e. The summed E-state index contributed by atoms with van der Waals surface area (Å²) in [5, 5.41) is 4.19. The number of rotatable bonds is 5. The van der Waals surface area contributed by atoms with Gasteiger partial charge in [0.25, 0.3) is 5.56 Å². The van der Waals surface area contributed by atoms with Gasteiger partial charge in [0, 0.05) is 12.1 Å². The lowest BCUT2D eigenvalue weighted by Crippen LogP contribution is -2.14. The Morgan fingerprint density at radius 1 is 1.19 bits per heavy atom. The summed E-state index contributed by atoms with van der Waals surface area (Å²) in [6.45, 7) is 2.49. The summed E-state index contributed by atoms with van der Waals surface area (Å²) in [4.78, 5) is 25.1. The van der Waals surface area contributed by atoms with Crippen LogP contribution in [-0.2, 0) is 16.4 Å². The highest BCUT2D eigenvalue weighted by molar-refractivity contribution is 5.61. The first-order chi connectivity index (χ1) is 10.3. The lowest BCUT2D eigenvalue weighted by Gasteiger charge is -2.01. The Bertz CT molecular complexity index is 793. The van der Waals surface area contributed by atoms with Gasteiger partial charge in [0.15, 0.2) is 0 Å². The fourth-order valence-corrected chi connectivity index (χ4v) is 2.07. The molecule has 0 bridgehead atoms. The van der Waals surface area contributed by atoms with Gasteiger partial charge in [0.2, 0.25) is 0 Å². The Morgan fingerprint density at radius 3 is 2.76 bits per heavy atom. The summed E-state index contributed by atoms with van der Waals surface area (Å²) in [7, 11) is 0. The van der Waals surface area contributed by atoms with E-state index in [1.165, 1.54) is 10.6 Å². The Morgan fingerprint density at radius 2 is 2.00 bits per heavy atom. The highest BCUT2D eigenvalue weighted by atomic mass is 17.2. The molecule has 1 N–H and O–H groups in total. The van der Waals surface area contributed by atoms with E-state index in [9.17, 15) is 4.79 Å². The maximum atomic E-state index is 12.1. The van der Waals surface area contributed by atoms with Crippen LogP contribution in [0.1, 0.15) is 12.6 Å². The number of hydrogen-bond donors (Lipinski definition) is 1. The van der Waals surface area contributed by atoms with Crippen LogP contribution < -0.4 is 5.56 Å². The summed E-state index contributed by atoms with van der Waals surface area (Å²) in [5.41, 5.74) is 2.76. The predicted molar refractivity (Wildman–Crippen MR) is 77.7 cm³/mol. The van der Waals surface area contributed by atoms with Gasteiger partial charge in [0.05, 0.1) is 18.0 Å². The predicted octanol–water partition coefficient (Wildman–Crippen LogP) is 2.16. The second-order valence-corrected chi connectivity index (χ2v) is 4.49. The highest BCUT2D eigenvalue weighted by Crippen LogP contribution is 2.15. The van der Waals surface area contributed by atoms with E-state index in [4.69, 9.17) is 9.78 Å². The van der Waals surface area contributed by atoms with Gasteiger partial charge in [-0.2, -0.15) is 9.61 Å². The van der Waals surface area contributed by atoms with Gasteiger partial charge in [-0.15, -0.1) is 0 Å². The minimum absolute atomic E-state index is 0.190. The minimum Gasteiger partial charge on any atom is -0.339 e. The molecule has 6 nitrogen and oxygen atoms in total. The Kier molecular flexibility index (Phi) is 3.81. The molecule has 0 spiro atoms. The molecule has 0 unspecified atom stereocenters. The first-order valence-corrected chi connectivity index (χ1v) is 6.70. The van der Waals surface area contributed by atoms with Crippen molar-refractivity contribution in [3.05, 3.63) is 58.5 Å². The standard InChI is InChI=1S/C15H15N3O3/c1-2-20-21-10-12-8-14-16-13(9-15(19)18(14)17-12)11-6-4-3-5-7-11/h3-9,16H,2,10H2,1H3. The molecule has 0 aliphatic rings. The van der Waals surface area contributed by atoms with Crippen LogP contribution in [0.3, 0.4) is 0 Å². The molecule has 1 aromatic carbocycles. The van der Waals surface area contributed by atoms with Crippen molar-refractivity contribution in [1.29, 1.82) is 0 Å². The molecule has 2 aromatic heterocycles. The van der Waals surface area contributed by atoms with Crippen LogP contribution >= 0.6 is 0 Å². The molecule has 0 amide bonds. The molecule has 3 rings (SSSR count). The molecule has 0 aliphatic carbocycles. The minimum atomic E-state index is -0.190. The average molecular weight is 285 g/mol. The monoisotopic (exact) mass is 285 g/mol. The lowest BCUT2D eigenvalue weighted by molar-refractivity contribution is -0.301. The number of aromatic amines is 1. The first kappa shape index (κ1) is 13.5. The molecular weight excluding hydrogens is 270 g/mol. The molecule has 0 saturated carbocycles. The van der Waals surface area contributed by atoms with Crippen LogP contribution in [0.25, 0.3) is 16.9 Å². The molecule has 6 heteroatoms. The highest BCUT2D eigenvalue weighted by Gasteiger charge is 2.08. The van der Waals surface area contributed by atoms with E-state index in [-0.39, 0.29) is 12.2 Å². The maximum absolute atomic E-state index is 12.1. The van der Waals surface area contributed by atoms with E-state index < -0.39 is 0 Å². The molecule has 21 heavy (non-hydrogen) atoms. The SMILES string of the molecule is CCOOCc1cc2[nH]c(-c3ccccc3)cc(=O)n2n1. The van der Waals surface area contributed by atoms with Crippen LogP contribution in [0.4, 0.5) is 0 Å². The zero-order valence-corrected chi connectivity index (χ0v) is 11.6. The molecular formula is C15H15N3O3. The Balaban J connectivity index is 1.98. The van der Waals surface area contributed by atoms with Crippen molar-refractivity contribution in [2.24, 2.45) is 0 Å². The molecule has 3 aromatic rings. The third kappa shape index (κ3) is 2.86. The fourth-order valence-electron chi connectivity index (χ4n) is 2.07. The van der Waals surface area contributed by atoms with E-state index >= 15 is 0 Å². The topological polar surface area (TPSA) is 68.6 Å². The molecule has 0 atom stereocenters. The van der Waals surface area contributed by atoms with Crippen molar-refractivity contribution in [2.45, 2.75) is 13.5 Å². The van der Waals surface area contributed by atoms with E-state index in [0.717, 1.165) is 11.3 Å². The van der Waals surface area contributed by atoms with Crippen LogP contribution in [0.2, 0.25) is 0 Å². The van der Waals surface area contributed by atoms with Gasteiger partial charge in [-0.05, 0) is 12.5 Å². The van der Waals surface area contributed by atoms with Gasteiger partial charge in [0.1, 0.15) is 12.3 Å². The number of nitrogens with zero attached hydrogens (tertiary/aromatic N) is 2. The largest absolute Gasteiger partial charge is 0.339 e. The normalized spacial score (nSPS) is 11.1. The van der Waals surface area contributed by atoms with Crippen molar-refractivity contribution < 1.29 is 9.78 Å². The number of hydrogen-bond acceptors (Lipinski definition) is 4. The van der Waals surface area contributed by atoms with Crippen molar-refractivity contribution in [1.82, 2.24) is 14.6 Å². The van der Waals surface area contributed by atoms with Crippen molar-refractivity contribution in [2.75, 3.05) is 6.61 Å². The number of benzene rings is 1. The van der Waals surface area contributed by atoms with E-state index in [2.05, 4.69) is 10.1 Å². The third-order valence-corrected chi connectivity index (χ3v) is 2.99. The summed E-state index contributed by atoms with van der Waals surface area (Å²) in [6.07, 6.45) is 0. The summed E-state index contributed by atoms with van der Waals surface area (Å²) in [6, 6.07) is 13.0. The second-order valence-electron chi connectivity index (χ2n) is 4.49. The summed E-state index contributed by atoms with van der Waals surface area (Å²) >= 11 is 0. The quantitative estimate of drug-likeness (QED) is 0.443. The van der Waals surface area contributed by atoms with Gasteiger partial charge in [-0.1, -0.05) is 30.3 Å². The first-order valence-electron chi connectivity index (χ1n) is 6.70. The summed E-state index contributed by atoms with van der Waals surface area (Å²) in [5.74, 6) is 0. The molecule has 0 aliphatic heterocycles. The van der Waals surface area contributed by atoms with Crippen LogP contribution in [0, 0.1) is 0 Å². The molecule has 0 saturated heterocycles. The molecule has 2 heterocycles. The fraction of sp³-hybridized carbons (Fsp3) is 0.200. The van der Waals surface area contributed by atoms with Gasteiger partial charge in [-0.25, -0.2) is 9.78 Å². The van der Waals surface area contributed by atoms with Crippen molar-refractivity contribution in [3.8, 4) is 11.3 Å². The Hall–Kier alpha value is -2.44. The zero-order valence-electron chi connectivity index (χ0n) is 11.6. The number of H-pyrrole nitrogens is 1. The smallest absolute Gasteiger partial charge is 0.274 e. The van der Waals surface area contributed by atoms with Crippen molar-refractivity contribution in [3.63, 3.8) is 0 Å².